The summed E-state index contributed by atoms with van der Waals surface area (Å²) in [6.45, 7) is 2.56. The van der Waals surface area contributed by atoms with Crippen LogP contribution in [-0.4, -0.2) is 32.6 Å². The van der Waals surface area contributed by atoms with Crippen molar-refractivity contribution < 1.29 is 9.59 Å². The van der Waals surface area contributed by atoms with Gasteiger partial charge in [-0.15, -0.1) is 10.2 Å². The minimum absolute atomic E-state index is 0.0864. The lowest BCUT2D eigenvalue weighted by Crippen LogP contribution is -2.30. The second kappa shape index (κ2) is 6.60. The number of carbonyl (C=O) groups excluding carboxylic acids is 2. The van der Waals surface area contributed by atoms with Gasteiger partial charge in [-0.25, -0.2) is 0 Å². The quantitative estimate of drug-likeness (QED) is 0.913. The van der Waals surface area contributed by atoms with Crippen LogP contribution in [0.15, 0.2) is 36.9 Å². The monoisotopic (exact) mass is 313 g/mol. The topological polar surface area (TPSA) is 80.1 Å². The summed E-state index contributed by atoms with van der Waals surface area (Å²) in [4.78, 5) is 25.8. The summed E-state index contributed by atoms with van der Waals surface area (Å²) in [7, 11) is 0. The standard InChI is InChI=1S/C16H19N5O2/c1-12-5-6-16(23)21(12)14-4-2-3-13(9-14)19-15(22)7-8-20-10-17-18-11-20/h2-4,9-12H,5-8H2,1H3,(H,19,22). The lowest BCUT2D eigenvalue weighted by molar-refractivity contribution is -0.117. The first-order valence-electron chi connectivity index (χ1n) is 7.68. The molecule has 0 saturated carbocycles. The van der Waals surface area contributed by atoms with Crippen molar-refractivity contribution in [1.82, 2.24) is 14.8 Å². The fourth-order valence-electron chi connectivity index (χ4n) is 2.75. The van der Waals surface area contributed by atoms with Crippen LogP contribution < -0.4 is 10.2 Å². The van der Waals surface area contributed by atoms with E-state index in [4.69, 9.17) is 0 Å². The number of benzene rings is 1. The zero-order valence-electron chi connectivity index (χ0n) is 13.0. The van der Waals surface area contributed by atoms with E-state index in [1.807, 2.05) is 31.2 Å². The molecule has 0 bridgehead atoms. The molecule has 0 spiro atoms. The Hall–Kier alpha value is -2.70. The fraction of sp³-hybridized carbons (Fsp3) is 0.375. The van der Waals surface area contributed by atoms with Crippen LogP contribution in [0.4, 0.5) is 11.4 Å². The first-order chi connectivity index (χ1) is 11.1. The molecule has 120 valence electrons. The van der Waals surface area contributed by atoms with Crippen molar-refractivity contribution in [2.24, 2.45) is 0 Å². The predicted octanol–water partition coefficient (Wildman–Crippen LogP) is 1.82. The maximum atomic E-state index is 12.0. The Morgan fingerprint density at radius 1 is 1.35 bits per heavy atom. The van der Waals surface area contributed by atoms with Crippen LogP contribution in [0.25, 0.3) is 0 Å². The van der Waals surface area contributed by atoms with Crippen molar-refractivity contribution in [2.75, 3.05) is 10.2 Å². The average molecular weight is 313 g/mol. The number of hydrogen-bond acceptors (Lipinski definition) is 4. The molecule has 1 aromatic carbocycles. The van der Waals surface area contributed by atoms with Gasteiger partial charge >= 0.3 is 0 Å². The molecule has 2 aromatic rings. The maximum absolute atomic E-state index is 12.0. The Balaban J connectivity index is 1.63. The summed E-state index contributed by atoms with van der Waals surface area (Å²) in [5.41, 5.74) is 1.53. The number of aromatic nitrogens is 3. The van der Waals surface area contributed by atoms with Gasteiger partial charge in [0.15, 0.2) is 0 Å². The number of hydrogen-bond donors (Lipinski definition) is 1. The van der Waals surface area contributed by atoms with Crippen molar-refractivity contribution in [1.29, 1.82) is 0 Å². The molecule has 1 atom stereocenters. The Morgan fingerprint density at radius 3 is 2.83 bits per heavy atom. The molecule has 1 aromatic heterocycles. The number of rotatable bonds is 5. The van der Waals surface area contributed by atoms with Crippen LogP contribution in [0.2, 0.25) is 0 Å². The van der Waals surface area contributed by atoms with Crippen molar-refractivity contribution in [3.05, 3.63) is 36.9 Å². The van der Waals surface area contributed by atoms with Crippen molar-refractivity contribution >= 4 is 23.2 Å². The van der Waals surface area contributed by atoms with Gasteiger partial charge in [0, 0.05) is 36.8 Å². The van der Waals surface area contributed by atoms with Gasteiger partial charge in [0.1, 0.15) is 12.7 Å². The molecular weight excluding hydrogens is 294 g/mol. The van der Waals surface area contributed by atoms with Gasteiger partial charge < -0.3 is 14.8 Å². The number of amides is 2. The van der Waals surface area contributed by atoms with E-state index in [1.165, 1.54) is 0 Å². The summed E-state index contributed by atoms with van der Waals surface area (Å²) in [5.74, 6) is 0.0465. The Morgan fingerprint density at radius 2 is 2.13 bits per heavy atom. The Labute approximate surface area is 134 Å². The highest BCUT2D eigenvalue weighted by molar-refractivity contribution is 5.97. The van der Waals surface area contributed by atoms with E-state index < -0.39 is 0 Å². The van der Waals surface area contributed by atoms with Crippen molar-refractivity contribution in [2.45, 2.75) is 38.8 Å². The van der Waals surface area contributed by atoms with Crippen LogP contribution in [0.5, 0.6) is 0 Å². The van der Waals surface area contributed by atoms with E-state index in [2.05, 4.69) is 15.5 Å². The lowest BCUT2D eigenvalue weighted by Gasteiger charge is -2.22. The van der Waals surface area contributed by atoms with E-state index in [9.17, 15) is 9.59 Å². The molecule has 2 heterocycles. The zero-order valence-corrected chi connectivity index (χ0v) is 13.0. The molecule has 7 nitrogen and oxygen atoms in total. The highest BCUT2D eigenvalue weighted by Gasteiger charge is 2.28. The lowest BCUT2D eigenvalue weighted by atomic mass is 10.2. The molecule has 1 unspecified atom stereocenters. The third kappa shape index (κ3) is 3.56. The number of carbonyl (C=O) groups is 2. The van der Waals surface area contributed by atoms with E-state index >= 15 is 0 Å². The molecule has 1 saturated heterocycles. The minimum atomic E-state index is -0.0864. The minimum Gasteiger partial charge on any atom is -0.326 e. The third-order valence-corrected chi connectivity index (χ3v) is 3.96. The molecule has 1 N–H and O–H groups in total. The predicted molar refractivity (Wildman–Crippen MR) is 85.9 cm³/mol. The van der Waals surface area contributed by atoms with Crippen molar-refractivity contribution in [3.8, 4) is 0 Å². The molecule has 0 aliphatic carbocycles. The molecule has 1 aliphatic heterocycles. The molecule has 1 aliphatic rings. The number of anilines is 2. The number of nitrogens with zero attached hydrogens (tertiary/aromatic N) is 4. The SMILES string of the molecule is CC1CCC(=O)N1c1cccc(NC(=O)CCn2cnnc2)c1. The summed E-state index contributed by atoms with van der Waals surface area (Å²) < 4.78 is 1.75. The maximum Gasteiger partial charge on any atom is 0.227 e. The molecule has 23 heavy (non-hydrogen) atoms. The molecule has 7 heteroatoms. The summed E-state index contributed by atoms with van der Waals surface area (Å²) in [6, 6.07) is 7.61. The van der Waals surface area contributed by atoms with E-state index in [0.29, 0.717) is 25.1 Å². The van der Waals surface area contributed by atoms with Crippen LogP contribution in [0, 0.1) is 0 Å². The Kier molecular flexibility index (Phi) is 4.36. The van der Waals surface area contributed by atoms with Gasteiger partial charge in [0.25, 0.3) is 0 Å². The largest absolute Gasteiger partial charge is 0.326 e. The first-order valence-corrected chi connectivity index (χ1v) is 7.68. The number of nitrogens with one attached hydrogen (secondary N) is 1. The highest BCUT2D eigenvalue weighted by Crippen LogP contribution is 2.28. The number of aryl methyl sites for hydroxylation is 1. The van der Waals surface area contributed by atoms with Crippen LogP contribution in [0.3, 0.4) is 0 Å². The Bertz CT molecular complexity index is 698. The summed E-state index contributed by atoms with van der Waals surface area (Å²) >= 11 is 0. The molecule has 3 rings (SSSR count). The normalized spacial score (nSPS) is 17.5. The fourth-order valence-corrected chi connectivity index (χ4v) is 2.75. The third-order valence-electron chi connectivity index (χ3n) is 3.96. The molecular formula is C16H19N5O2. The van der Waals surface area contributed by atoms with Crippen molar-refractivity contribution in [3.63, 3.8) is 0 Å². The van der Waals surface area contributed by atoms with Gasteiger partial charge in [-0.05, 0) is 31.5 Å². The van der Waals surface area contributed by atoms with Gasteiger partial charge in [-0.3, -0.25) is 9.59 Å². The second-order valence-electron chi connectivity index (χ2n) is 5.70. The van der Waals surface area contributed by atoms with Crippen LogP contribution >= 0.6 is 0 Å². The zero-order chi connectivity index (χ0) is 16.2. The average Bonchev–Trinajstić information content (AvgIpc) is 3.15. The second-order valence-corrected chi connectivity index (χ2v) is 5.70. The smallest absolute Gasteiger partial charge is 0.227 e. The van der Waals surface area contributed by atoms with Gasteiger partial charge in [-0.2, -0.15) is 0 Å². The summed E-state index contributed by atoms with van der Waals surface area (Å²) in [6.07, 6.45) is 4.94. The van der Waals surface area contributed by atoms with Gasteiger partial charge in [0.05, 0.1) is 0 Å². The first kappa shape index (κ1) is 15.2. The van der Waals surface area contributed by atoms with Gasteiger partial charge in [-0.1, -0.05) is 6.07 Å². The van der Waals surface area contributed by atoms with E-state index in [1.54, 1.807) is 22.1 Å². The van der Waals surface area contributed by atoms with Crippen LogP contribution in [-0.2, 0) is 16.1 Å². The van der Waals surface area contributed by atoms with E-state index in [-0.39, 0.29) is 17.9 Å². The van der Waals surface area contributed by atoms with E-state index in [0.717, 1.165) is 12.1 Å². The molecule has 1 fully saturated rings. The summed E-state index contributed by atoms with van der Waals surface area (Å²) in [5, 5.41) is 10.3. The molecule has 2 amide bonds. The van der Waals surface area contributed by atoms with Crippen LogP contribution in [0.1, 0.15) is 26.2 Å². The van der Waals surface area contributed by atoms with Gasteiger partial charge in [0.2, 0.25) is 11.8 Å². The highest BCUT2D eigenvalue weighted by atomic mass is 16.2. The molecule has 0 radical (unpaired) electrons.